The van der Waals surface area contributed by atoms with Crippen LogP contribution in [0.2, 0.25) is 0 Å². The van der Waals surface area contributed by atoms with Gasteiger partial charge in [-0.2, -0.15) is 5.10 Å². The Bertz CT molecular complexity index is 439. The lowest BCUT2D eigenvalue weighted by atomic mass is 10.1. The predicted molar refractivity (Wildman–Crippen MR) is 68.4 cm³/mol. The molecule has 0 aliphatic carbocycles. The maximum Gasteiger partial charge on any atom is 0.274 e. The standard InChI is InChI=1S/C13H21N3O2/c1-9(2)12-7-11(14-15(12)3)13(18)16-6-4-5-10(17)8-16/h7,9-10,17H,4-6,8H2,1-3H3. The van der Waals surface area contributed by atoms with Gasteiger partial charge in [0.25, 0.3) is 5.91 Å². The van der Waals surface area contributed by atoms with Crippen molar-refractivity contribution in [2.24, 2.45) is 7.05 Å². The second kappa shape index (κ2) is 5.10. The largest absolute Gasteiger partial charge is 0.391 e. The Morgan fingerprint density at radius 2 is 2.28 bits per heavy atom. The van der Waals surface area contributed by atoms with Gasteiger partial charge in [0.1, 0.15) is 0 Å². The first kappa shape index (κ1) is 13.1. The van der Waals surface area contributed by atoms with Crippen LogP contribution in [0.1, 0.15) is 48.8 Å². The molecule has 1 fully saturated rings. The Hall–Kier alpha value is -1.36. The van der Waals surface area contributed by atoms with Gasteiger partial charge in [-0.25, -0.2) is 0 Å². The number of β-amino-alcohol motifs (C(OH)–C–C–N with tert-alkyl or cyclic N) is 1. The highest BCUT2D eigenvalue weighted by Crippen LogP contribution is 2.17. The van der Waals surface area contributed by atoms with Crippen molar-refractivity contribution in [3.63, 3.8) is 0 Å². The van der Waals surface area contributed by atoms with Crippen LogP contribution in [0.15, 0.2) is 6.07 Å². The molecule has 0 bridgehead atoms. The first-order valence-electron chi connectivity index (χ1n) is 6.50. The molecule has 0 radical (unpaired) electrons. The number of piperidine rings is 1. The van der Waals surface area contributed by atoms with Crippen molar-refractivity contribution in [2.75, 3.05) is 13.1 Å². The number of aromatic nitrogens is 2. The fourth-order valence-electron chi connectivity index (χ4n) is 2.43. The van der Waals surface area contributed by atoms with E-state index in [4.69, 9.17) is 0 Å². The average molecular weight is 251 g/mol. The van der Waals surface area contributed by atoms with Gasteiger partial charge in [0, 0.05) is 25.8 Å². The van der Waals surface area contributed by atoms with E-state index in [1.807, 2.05) is 13.1 Å². The molecule has 2 rings (SSSR count). The van der Waals surface area contributed by atoms with Gasteiger partial charge in [0.05, 0.1) is 6.10 Å². The Kier molecular flexibility index (Phi) is 3.71. The molecule has 0 spiro atoms. The van der Waals surface area contributed by atoms with Gasteiger partial charge in [-0.05, 0) is 24.8 Å². The minimum absolute atomic E-state index is 0.0729. The average Bonchev–Trinajstić information content (AvgIpc) is 2.70. The van der Waals surface area contributed by atoms with Gasteiger partial charge in [-0.3, -0.25) is 9.48 Å². The first-order valence-corrected chi connectivity index (χ1v) is 6.50. The minimum Gasteiger partial charge on any atom is -0.391 e. The molecule has 0 saturated carbocycles. The maximum absolute atomic E-state index is 12.3. The number of carbonyl (C=O) groups excluding carboxylic acids is 1. The zero-order chi connectivity index (χ0) is 13.3. The summed E-state index contributed by atoms with van der Waals surface area (Å²) in [6.07, 6.45) is 1.25. The first-order chi connectivity index (χ1) is 8.49. The number of nitrogens with zero attached hydrogens (tertiary/aromatic N) is 3. The van der Waals surface area contributed by atoms with Crippen LogP contribution >= 0.6 is 0 Å². The Morgan fingerprint density at radius 1 is 1.56 bits per heavy atom. The topological polar surface area (TPSA) is 58.4 Å². The molecular weight excluding hydrogens is 230 g/mol. The molecule has 2 heterocycles. The summed E-state index contributed by atoms with van der Waals surface area (Å²) in [6.45, 7) is 5.29. The van der Waals surface area contributed by atoms with Gasteiger partial charge >= 0.3 is 0 Å². The summed E-state index contributed by atoms with van der Waals surface area (Å²) in [4.78, 5) is 14.0. The number of hydrogen-bond donors (Lipinski definition) is 1. The minimum atomic E-state index is -0.393. The number of hydrogen-bond acceptors (Lipinski definition) is 3. The number of amides is 1. The van der Waals surface area contributed by atoms with Crippen LogP contribution in [0, 0.1) is 0 Å². The van der Waals surface area contributed by atoms with Crippen LogP contribution in [0.4, 0.5) is 0 Å². The zero-order valence-corrected chi connectivity index (χ0v) is 11.3. The molecule has 1 aliphatic rings. The van der Waals surface area contributed by atoms with E-state index in [1.54, 1.807) is 9.58 Å². The lowest BCUT2D eigenvalue weighted by molar-refractivity contribution is 0.0468. The van der Waals surface area contributed by atoms with E-state index < -0.39 is 6.10 Å². The van der Waals surface area contributed by atoms with E-state index in [2.05, 4.69) is 18.9 Å². The van der Waals surface area contributed by atoms with Crippen molar-refractivity contribution >= 4 is 5.91 Å². The quantitative estimate of drug-likeness (QED) is 0.857. The van der Waals surface area contributed by atoms with Crippen molar-refractivity contribution in [3.05, 3.63) is 17.5 Å². The number of carbonyl (C=O) groups is 1. The molecule has 1 N–H and O–H groups in total. The lowest BCUT2D eigenvalue weighted by Crippen LogP contribution is -2.42. The van der Waals surface area contributed by atoms with E-state index >= 15 is 0 Å². The summed E-state index contributed by atoms with van der Waals surface area (Å²) in [6, 6.07) is 1.86. The van der Waals surface area contributed by atoms with Crippen LogP contribution in [-0.2, 0) is 7.05 Å². The molecule has 18 heavy (non-hydrogen) atoms. The molecule has 0 aromatic carbocycles. The maximum atomic E-state index is 12.3. The smallest absolute Gasteiger partial charge is 0.274 e. The highest BCUT2D eigenvalue weighted by atomic mass is 16.3. The number of aliphatic hydroxyl groups is 1. The van der Waals surface area contributed by atoms with Crippen LogP contribution in [0.5, 0.6) is 0 Å². The summed E-state index contributed by atoms with van der Waals surface area (Å²) in [5.41, 5.74) is 1.53. The molecule has 1 aromatic rings. The van der Waals surface area contributed by atoms with Gasteiger partial charge in [-0.15, -0.1) is 0 Å². The molecule has 1 amide bonds. The number of likely N-dealkylation sites (tertiary alicyclic amines) is 1. The van der Waals surface area contributed by atoms with E-state index in [0.717, 1.165) is 18.5 Å². The summed E-state index contributed by atoms with van der Waals surface area (Å²) in [5, 5.41) is 13.9. The second-order valence-electron chi connectivity index (χ2n) is 5.28. The third-order valence-electron chi connectivity index (χ3n) is 3.41. The SMILES string of the molecule is CC(C)c1cc(C(=O)N2CCCC(O)C2)nn1C. The van der Waals surface area contributed by atoms with E-state index in [1.165, 1.54) is 0 Å². The van der Waals surface area contributed by atoms with Crippen LogP contribution in [-0.4, -0.2) is 44.9 Å². The third-order valence-corrected chi connectivity index (χ3v) is 3.41. The van der Waals surface area contributed by atoms with Crippen LogP contribution in [0.3, 0.4) is 0 Å². The van der Waals surface area contributed by atoms with Crippen LogP contribution in [0.25, 0.3) is 0 Å². The summed E-state index contributed by atoms with van der Waals surface area (Å²) < 4.78 is 1.76. The molecule has 1 saturated heterocycles. The summed E-state index contributed by atoms with van der Waals surface area (Å²) in [7, 11) is 1.86. The lowest BCUT2D eigenvalue weighted by Gasteiger charge is -2.29. The van der Waals surface area contributed by atoms with E-state index in [-0.39, 0.29) is 5.91 Å². The van der Waals surface area contributed by atoms with Crippen molar-refractivity contribution in [1.82, 2.24) is 14.7 Å². The molecule has 100 valence electrons. The van der Waals surface area contributed by atoms with Gasteiger partial charge in [-0.1, -0.05) is 13.8 Å². The van der Waals surface area contributed by atoms with E-state index in [0.29, 0.717) is 24.7 Å². The predicted octanol–water partition coefficient (Wildman–Crippen LogP) is 1.14. The third kappa shape index (κ3) is 2.56. The fraction of sp³-hybridized carbons (Fsp3) is 0.692. The highest BCUT2D eigenvalue weighted by Gasteiger charge is 2.25. The number of aliphatic hydroxyl groups excluding tert-OH is 1. The fourth-order valence-corrected chi connectivity index (χ4v) is 2.43. The molecule has 5 heteroatoms. The van der Waals surface area contributed by atoms with Crippen molar-refractivity contribution in [2.45, 2.75) is 38.7 Å². The molecule has 1 unspecified atom stereocenters. The zero-order valence-electron chi connectivity index (χ0n) is 11.3. The summed E-state index contributed by atoms with van der Waals surface area (Å²) in [5.74, 6) is 0.271. The van der Waals surface area contributed by atoms with Gasteiger partial charge in [0.15, 0.2) is 5.69 Å². The van der Waals surface area contributed by atoms with Gasteiger partial charge < -0.3 is 10.0 Å². The molecule has 1 atom stereocenters. The molecule has 1 aliphatic heterocycles. The number of aryl methyl sites for hydroxylation is 1. The van der Waals surface area contributed by atoms with Crippen LogP contribution < -0.4 is 0 Å². The highest BCUT2D eigenvalue weighted by molar-refractivity contribution is 5.92. The monoisotopic (exact) mass is 251 g/mol. The van der Waals surface area contributed by atoms with E-state index in [9.17, 15) is 9.90 Å². The Balaban J connectivity index is 2.15. The molecular formula is C13H21N3O2. The Morgan fingerprint density at radius 3 is 2.83 bits per heavy atom. The molecule has 1 aromatic heterocycles. The van der Waals surface area contributed by atoms with Gasteiger partial charge in [0.2, 0.25) is 0 Å². The Labute approximate surface area is 107 Å². The van der Waals surface area contributed by atoms with Crippen molar-refractivity contribution in [1.29, 1.82) is 0 Å². The second-order valence-corrected chi connectivity index (χ2v) is 5.28. The molecule has 5 nitrogen and oxygen atoms in total. The summed E-state index contributed by atoms with van der Waals surface area (Å²) >= 11 is 0. The van der Waals surface area contributed by atoms with Crippen molar-refractivity contribution < 1.29 is 9.90 Å². The van der Waals surface area contributed by atoms with Crippen molar-refractivity contribution in [3.8, 4) is 0 Å². The number of rotatable bonds is 2. The normalized spacial score (nSPS) is 20.5.